The van der Waals surface area contributed by atoms with Crippen molar-refractivity contribution in [1.82, 2.24) is 4.98 Å². The summed E-state index contributed by atoms with van der Waals surface area (Å²) in [5, 5.41) is 2.54. The van der Waals surface area contributed by atoms with Gasteiger partial charge in [-0.3, -0.25) is 4.98 Å². The van der Waals surface area contributed by atoms with Crippen molar-refractivity contribution in [3.63, 3.8) is 0 Å². The van der Waals surface area contributed by atoms with E-state index in [1.54, 1.807) is 11.3 Å². The normalized spacial score (nSPS) is 11.7. The van der Waals surface area contributed by atoms with Crippen molar-refractivity contribution in [2.75, 3.05) is 10.7 Å². The quantitative estimate of drug-likeness (QED) is 0.629. The molecule has 0 aliphatic rings. The molecule has 0 N–H and O–H groups in total. The highest BCUT2D eigenvalue weighted by molar-refractivity contribution is 9.09. The molecule has 5 heteroatoms. The Labute approximate surface area is 133 Å². The minimum Gasteiger partial charge on any atom is -0.253 e. The van der Waals surface area contributed by atoms with E-state index in [2.05, 4.69) is 42.9 Å². The maximum absolute atomic E-state index is 6.11. The van der Waals surface area contributed by atoms with E-state index < -0.39 is 0 Å². The molecule has 2 aromatic rings. The molecule has 0 radical (unpaired) electrons. The van der Waals surface area contributed by atoms with Crippen molar-refractivity contribution < 1.29 is 0 Å². The number of benzene rings is 1. The van der Waals surface area contributed by atoms with Gasteiger partial charge in [0, 0.05) is 32.2 Å². The summed E-state index contributed by atoms with van der Waals surface area (Å²) in [5.41, 5.74) is 3.13. The Kier molecular flexibility index (Phi) is 5.24. The average molecular weight is 410 g/mol. The molecule has 0 bridgehead atoms. The molecule has 1 aromatic carbocycles. The van der Waals surface area contributed by atoms with Crippen LogP contribution in [0.2, 0.25) is 5.02 Å². The lowest BCUT2D eigenvalue weighted by molar-refractivity contribution is 0.555. The first kappa shape index (κ1) is 14.5. The van der Waals surface area contributed by atoms with Gasteiger partial charge in [0.25, 0.3) is 0 Å². The Hall–Kier alpha value is 0.1000. The molecule has 1 heterocycles. The maximum Gasteiger partial charge on any atom is 0.0794 e. The first-order valence-corrected chi connectivity index (χ1v) is 8.95. The Morgan fingerprint density at radius 1 is 1.28 bits per heavy atom. The van der Waals surface area contributed by atoms with E-state index in [9.17, 15) is 0 Å². The minimum atomic E-state index is 0.0113. The first-order valence-electron chi connectivity index (χ1n) is 5.45. The molecule has 0 aliphatic heterocycles. The summed E-state index contributed by atoms with van der Waals surface area (Å²) in [7, 11) is 0. The van der Waals surface area contributed by atoms with Gasteiger partial charge in [-0.2, -0.15) is 0 Å². The van der Waals surface area contributed by atoms with Crippen LogP contribution in [0, 0.1) is 0 Å². The lowest BCUT2D eigenvalue weighted by Gasteiger charge is -2.30. The molecule has 0 saturated carbocycles. The van der Waals surface area contributed by atoms with Crippen LogP contribution < -0.4 is 0 Å². The van der Waals surface area contributed by atoms with E-state index in [1.165, 1.54) is 10.4 Å². The van der Waals surface area contributed by atoms with Gasteiger partial charge in [0.05, 0.1) is 5.51 Å². The fraction of sp³-hybridized carbons (Fsp3) is 0.308. The van der Waals surface area contributed by atoms with E-state index in [0.717, 1.165) is 22.1 Å². The first-order chi connectivity index (χ1) is 8.70. The third-order valence-corrected chi connectivity index (χ3v) is 6.11. The van der Waals surface area contributed by atoms with E-state index in [-0.39, 0.29) is 5.41 Å². The van der Waals surface area contributed by atoms with E-state index >= 15 is 0 Å². The van der Waals surface area contributed by atoms with Crippen LogP contribution in [0.4, 0.5) is 0 Å². The number of halogens is 3. The molecule has 0 aliphatic carbocycles. The van der Waals surface area contributed by atoms with Gasteiger partial charge in [0.15, 0.2) is 0 Å². The van der Waals surface area contributed by atoms with E-state index in [0.29, 0.717) is 0 Å². The Balaban J connectivity index is 2.37. The molecule has 1 nitrogen and oxygen atoms in total. The lowest BCUT2D eigenvalue weighted by atomic mass is 9.81. The second kappa shape index (κ2) is 6.51. The second-order valence-corrected chi connectivity index (χ2v) is 6.73. The third kappa shape index (κ3) is 3.16. The number of nitrogens with zero attached hydrogens (tertiary/aromatic N) is 1. The van der Waals surface area contributed by atoms with Gasteiger partial charge in [-0.25, -0.2) is 0 Å². The Bertz CT molecular complexity index is 497. The van der Waals surface area contributed by atoms with Gasteiger partial charge in [0.2, 0.25) is 0 Å². The largest absolute Gasteiger partial charge is 0.253 e. The highest BCUT2D eigenvalue weighted by Crippen LogP contribution is 2.34. The molecule has 0 spiro atoms. The summed E-state index contributed by atoms with van der Waals surface area (Å²) >= 11 is 15.1. The van der Waals surface area contributed by atoms with Crippen molar-refractivity contribution >= 4 is 54.8 Å². The highest BCUT2D eigenvalue weighted by Gasteiger charge is 2.31. The summed E-state index contributed by atoms with van der Waals surface area (Å²) in [6.07, 6.45) is 2.89. The molecule has 2 rings (SSSR count). The van der Waals surface area contributed by atoms with E-state index in [1.807, 2.05) is 29.9 Å². The molecular weight excluding hydrogens is 397 g/mol. The molecular formula is C13H12Br2ClNS. The van der Waals surface area contributed by atoms with Crippen molar-refractivity contribution in [3.8, 4) is 0 Å². The molecule has 18 heavy (non-hydrogen) atoms. The Morgan fingerprint density at radius 2 is 2.06 bits per heavy atom. The second-order valence-electron chi connectivity index (χ2n) is 4.20. The zero-order chi connectivity index (χ0) is 13.0. The molecule has 96 valence electrons. The monoisotopic (exact) mass is 407 g/mol. The highest BCUT2D eigenvalue weighted by atomic mass is 79.9. The van der Waals surface area contributed by atoms with E-state index in [4.69, 9.17) is 11.6 Å². The molecule has 0 amide bonds. The van der Waals surface area contributed by atoms with Crippen LogP contribution in [-0.2, 0) is 11.8 Å². The average Bonchev–Trinajstić information content (AvgIpc) is 2.89. The fourth-order valence-corrected chi connectivity index (χ4v) is 4.77. The standard InChI is InChI=1S/C13H12Br2ClNS/c14-7-13(8-15,5-12-6-17-9-18-12)10-2-1-3-11(16)4-10/h1-4,6,9H,5,7-8H2. The number of aromatic nitrogens is 1. The number of hydrogen-bond acceptors (Lipinski definition) is 2. The van der Waals surface area contributed by atoms with Crippen molar-refractivity contribution in [2.24, 2.45) is 0 Å². The number of thiazole rings is 1. The van der Waals surface area contributed by atoms with Crippen molar-refractivity contribution in [1.29, 1.82) is 0 Å². The zero-order valence-electron chi connectivity index (χ0n) is 9.57. The summed E-state index contributed by atoms with van der Waals surface area (Å²) in [4.78, 5) is 5.43. The van der Waals surface area contributed by atoms with Gasteiger partial charge in [-0.1, -0.05) is 55.6 Å². The van der Waals surface area contributed by atoms with Crippen molar-refractivity contribution in [2.45, 2.75) is 11.8 Å². The fourth-order valence-electron chi connectivity index (χ4n) is 1.87. The SMILES string of the molecule is Clc1cccc(C(CBr)(CBr)Cc2cncs2)c1. The molecule has 1 aromatic heterocycles. The zero-order valence-corrected chi connectivity index (χ0v) is 14.3. The smallest absolute Gasteiger partial charge is 0.0794 e. The van der Waals surface area contributed by atoms with Gasteiger partial charge < -0.3 is 0 Å². The predicted octanol–water partition coefficient (Wildman–Crippen LogP) is 5.07. The molecule has 0 atom stereocenters. The minimum absolute atomic E-state index is 0.0113. The van der Waals surface area contributed by atoms with Gasteiger partial charge in [-0.05, 0) is 24.1 Å². The summed E-state index contributed by atoms with van der Waals surface area (Å²) in [6, 6.07) is 8.09. The topological polar surface area (TPSA) is 12.9 Å². The lowest BCUT2D eigenvalue weighted by Crippen LogP contribution is -2.32. The number of hydrogen-bond donors (Lipinski definition) is 0. The van der Waals surface area contributed by atoms with Crippen molar-refractivity contribution in [3.05, 3.63) is 51.4 Å². The summed E-state index contributed by atoms with van der Waals surface area (Å²) in [6.45, 7) is 0. The summed E-state index contributed by atoms with van der Waals surface area (Å²) < 4.78 is 0. The molecule has 0 fully saturated rings. The van der Waals surface area contributed by atoms with Crippen LogP contribution in [0.5, 0.6) is 0 Å². The predicted molar refractivity (Wildman–Crippen MR) is 86.5 cm³/mol. The Morgan fingerprint density at radius 3 is 2.61 bits per heavy atom. The van der Waals surface area contributed by atoms with Crippen LogP contribution in [0.25, 0.3) is 0 Å². The van der Waals surface area contributed by atoms with Crippen LogP contribution in [0.3, 0.4) is 0 Å². The number of alkyl halides is 2. The van der Waals surface area contributed by atoms with Gasteiger partial charge in [-0.15, -0.1) is 11.3 Å². The third-order valence-electron chi connectivity index (χ3n) is 2.94. The number of rotatable bonds is 5. The van der Waals surface area contributed by atoms with Gasteiger partial charge >= 0.3 is 0 Å². The van der Waals surface area contributed by atoms with Crippen LogP contribution in [0.15, 0.2) is 36.0 Å². The maximum atomic E-state index is 6.11. The van der Waals surface area contributed by atoms with Crippen LogP contribution >= 0.6 is 54.8 Å². The molecule has 0 unspecified atom stereocenters. The summed E-state index contributed by atoms with van der Waals surface area (Å²) in [5.74, 6) is 0. The molecule has 0 saturated heterocycles. The van der Waals surface area contributed by atoms with Crippen LogP contribution in [-0.4, -0.2) is 15.6 Å². The van der Waals surface area contributed by atoms with Crippen LogP contribution in [0.1, 0.15) is 10.4 Å². The van der Waals surface area contributed by atoms with Gasteiger partial charge in [0.1, 0.15) is 0 Å².